The fourth-order valence-corrected chi connectivity index (χ4v) is 4.15. The van der Waals surface area contributed by atoms with E-state index in [2.05, 4.69) is 60.7 Å². The Kier molecular flexibility index (Phi) is 4.82. The average molecular weight is 444 g/mol. The molecule has 1 aromatic heterocycles. The van der Waals surface area contributed by atoms with Crippen LogP contribution in [0.2, 0.25) is 5.02 Å². The zero-order valence-corrected chi connectivity index (χ0v) is 18.4. The minimum Gasteiger partial charge on any atom is -0.208 e. The molecule has 0 aliphatic rings. The van der Waals surface area contributed by atoms with Crippen molar-refractivity contribution in [3.63, 3.8) is 0 Å². The minimum absolute atomic E-state index is 0.619. The van der Waals surface area contributed by atoms with Gasteiger partial charge in [0.05, 0.1) is 0 Å². The van der Waals surface area contributed by atoms with E-state index in [1.807, 2.05) is 48.5 Å². The summed E-state index contributed by atoms with van der Waals surface area (Å²) in [6.07, 6.45) is 0. The molecule has 0 aliphatic heterocycles. The fraction of sp³-hybridized carbons (Fsp3) is 0. The first-order chi connectivity index (χ1) is 16.2. The Bertz CT molecular complexity index is 1530. The second-order valence-corrected chi connectivity index (χ2v) is 8.37. The molecule has 3 nitrogen and oxygen atoms in total. The van der Waals surface area contributed by atoms with Crippen molar-refractivity contribution in [1.29, 1.82) is 0 Å². The summed E-state index contributed by atoms with van der Waals surface area (Å²) in [5.74, 6) is 1.90. The lowest BCUT2D eigenvalue weighted by Crippen LogP contribution is -2.00. The molecule has 0 radical (unpaired) electrons. The standard InChI is InChI=1S/C29H18ClN3/c30-26-15-13-21(14-16-26)27-31-28(24-11-9-19-5-1-3-7-22(19)17-24)33-29(32-27)25-12-10-20-6-2-4-8-23(20)18-25/h1-18H. The lowest BCUT2D eigenvalue weighted by atomic mass is 10.1. The summed E-state index contributed by atoms with van der Waals surface area (Å²) in [6.45, 7) is 0. The second kappa shape index (κ2) is 8.12. The number of aromatic nitrogens is 3. The molecule has 5 aromatic carbocycles. The summed E-state index contributed by atoms with van der Waals surface area (Å²) < 4.78 is 0. The molecule has 0 spiro atoms. The summed E-state index contributed by atoms with van der Waals surface area (Å²) in [5, 5.41) is 5.34. The molecule has 156 valence electrons. The number of hydrogen-bond donors (Lipinski definition) is 0. The minimum atomic E-state index is 0.619. The van der Waals surface area contributed by atoms with Crippen molar-refractivity contribution in [2.75, 3.05) is 0 Å². The predicted molar refractivity (Wildman–Crippen MR) is 136 cm³/mol. The van der Waals surface area contributed by atoms with Crippen molar-refractivity contribution < 1.29 is 0 Å². The quantitative estimate of drug-likeness (QED) is 0.279. The van der Waals surface area contributed by atoms with Gasteiger partial charge in [-0.15, -0.1) is 0 Å². The molecule has 0 fully saturated rings. The molecule has 0 atom stereocenters. The van der Waals surface area contributed by atoms with Crippen LogP contribution < -0.4 is 0 Å². The van der Waals surface area contributed by atoms with Crippen molar-refractivity contribution in [1.82, 2.24) is 15.0 Å². The highest BCUT2D eigenvalue weighted by Gasteiger charge is 2.13. The van der Waals surface area contributed by atoms with Crippen molar-refractivity contribution >= 4 is 33.1 Å². The van der Waals surface area contributed by atoms with E-state index in [9.17, 15) is 0 Å². The number of nitrogens with zero attached hydrogens (tertiary/aromatic N) is 3. The lowest BCUT2D eigenvalue weighted by Gasteiger charge is -2.10. The molecule has 6 rings (SSSR count). The van der Waals surface area contributed by atoms with Crippen molar-refractivity contribution in [3.05, 3.63) is 114 Å². The Morgan fingerprint density at radius 1 is 0.394 bits per heavy atom. The van der Waals surface area contributed by atoms with Gasteiger partial charge in [-0.3, -0.25) is 0 Å². The van der Waals surface area contributed by atoms with Crippen LogP contribution in [-0.2, 0) is 0 Å². The van der Waals surface area contributed by atoms with Gasteiger partial charge in [0.15, 0.2) is 17.5 Å². The second-order valence-electron chi connectivity index (χ2n) is 7.94. The zero-order chi connectivity index (χ0) is 22.2. The molecule has 0 saturated heterocycles. The van der Waals surface area contributed by atoms with Crippen LogP contribution in [0.5, 0.6) is 0 Å². The first-order valence-corrected chi connectivity index (χ1v) is 11.1. The van der Waals surface area contributed by atoms with Crippen LogP contribution in [0.4, 0.5) is 0 Å². The number of fused-ring (bicyclic) bond motifs is 2. The highest BCUT2D eigenvalue weighted by atomic mass is 35.5. The van der Waals surface area contributed by atoms with Gasteiger partial charge in [-0.25, -0.2) is 15.0 Å². The normalized spacial score (nSPS) is 11.2. The third-order valence-electron chi connectivity index (χ3n) is 5.75. The van der Waals surface area contributed by atoms with E-state index in [-0.39, 0.29) is 0 Å². The highest BCUT2D eigenvalue weighted by molar-refractivity contribution is 6.30. The van der Waals surface area contributed by atoms with Crippen LogP contribution in [0.15, 0.2) is 109 Å². The van der Waals surface area contributed by atoms with E-state index in [0.717, 1.165) is 27.5 Å². The Labute approximate surface area is 196 Å². The first-order valence-electron chi connectivity index (χ1n) is 10.7. The molecular formula is C29H18ClN3. The van der Waals surface area contributed by atoms with Crippen LogP contribution in [0.1, 0.15) is 0 Å². The van der Waals surface area contributed by atoms with Crippen LogP contribution in [0, 0.1) is 0 Å². The Morgan fingerprint density at radius 3 is 1.27 bits per heavy atom. The molecule has 0 unspecified atom stereocenters. The molecule has 0 aliphatic carbocycles. The Hall–Kier alpha value is -4.08. The van der Waals surface area contributed by atoms with E-state index >= 15 is 0 Å². The van der Waals surface area contributed by atoms with Gasteiger partial charge in [0, 0.05) is 21.7 Å². The molecular weight excluding hydrogens is 426 g/mol. The van der Waals surface area contributed by atoms with E-state index in [1.54, 1.807) is 0 Å². The van der Waals surface area contributed by atoms with E-state index in [1.165, 1.54) is 10.8 Å². The molecule has 0 saturated carbocycles. The Morgan fingerprint density at radius 2 is 0.788 bits per heavy atom. The molecule has 33 heavy (non-hydrogen) atoms. The molecule has 0 bridgehead atoms. The molecule has 1 heterocycles. The van der Waals surface area contributed by atoms with E-state index in [4.69, 9.17) is 26.6 Å². The van der Waals surface area contributed by atoms with Gasteiger partial charge in [0.25, 0.3) is 0 Å². The van der Waals surface area contributed by atoms with Gasteiger partial charge >= 0.3 is 0 Å². The van der Waals surface area contributed by atoms with Crippen molar-refractivity contribution in [3.8, 4) is 34.2 Å². The highest BCUT2D eigenvalue weighted by Crippen LogP contribution is 2.28. The number of hydrogen-bond acceptors (Lipinski definition) is 3. The summed E-state index contributed by atoms with van der Waals surface area (Å²) in [5.41, 5.74) is 2.80. The van der Waals surface area contributed by atoms with Crippen LogP contribution in [0.25, 0.3) is 55.7 Å². The van der Waals surface area contributed by atoms with Gasteiger partial charge in [-0.1, -0.05) is 84.4 Å². The fourth-order valence-electron chi connectivity index (χ4n) is 4.02. The molecule has 0 N–H and O–H groups in total. The number of benzene rings is 5. The topological polar surface area (TPSA) is 38.7 Å². The summed E-state index contributed by atoms with van der Waals surface area (Å²) >= 11 is 6.11. The third-order valence-corrected chi connectivity index (χ3v) is 6.01. The largest absolute Gasteiger partial charge is 0.208 e. The third kappa shape index (κ3) is 3.84. The van der Waals surface area contributed by atoms with Gasteiger partial charge in [0.2, 0.25) is 0 Å². The smallest absolute Gasteiger partial charge is 0.164 e. The van der Waals surface area contributed by atoms with Gasteiger partial charge in [-0.05, 0) is 57.9 Å². The summed E-state index contributed by atoms with van der Waals surface area (Å²) in [4.78, 5) is 14.5. The van der Waals surface area contributed by atoms with Crippen LogP contribution >= 0.6 is 11.6 Å². The number of rotatable bonds is 3. The average Bonchev–Trinajstić information content (AvgIpc) is 2.88. The van der Waals surface area contributed by atoms with Crippen molar-refractivity contribution in [2.24, 2.45) is 0 Å². The molecule has 4 heteroatoms. The lowest BCUT2D eigenvalue weighted by molar-refractivity contribution is 1.08. The molecule has 6 aromatic rings. The summed E-state index contributed by atoms with van der Waals surface area (Å²) in [6, 6.07) is 36.7. The Balaban J connectivity index is 1.56. The number of halogens is 1. The van der Waals surface area contributed by atoms with Gasteiger partial charge in [-0.2, -0.15) is 0 Å². The SMILES string of the molecule is Clc1ccc(-c2nc(-c3ccc4ccccc4c3)nc(-c3ccc4ccccc4c3)n2)cc1. The molecule has 0 amide bonds. The van der Waals surface area contributed by atoms with Gasteiger partial charge < -0.3 is 0 Å². The van der Waals surface area contributed by atoms with Gasteiger partial charge in [0.1, 0.15) is 0 Å². The monoisotopic (exact) mass is 443 g/mol. The maximum absolute atomic E-state index is 6.11. The zero-order valence-electron chi connectivity index (χ0n) is 17.6. The van der Waals surface area contributed by atoms with Crippen LogP contribution in [0.3, 0.4) is 0 Å². The predicted octanol–water partition coefficient (Wildman–Crippen LogP) is 7.83. The van der Waals surface area contributed by atoms with E-state index in [0.29, 0.717) is 22.5 Å². The maximum Gasteiger partial charge on any atom is 0.164 e. The van der Waals surface area contributed by atoms with Crippen LogP contribution in [-0.4, -0.2) is 15.0 Å². The summed E-state index contributed by atoms with van der Waals surface area (Å²) in [7, 11) is 0. The maximum atomic E-state index is 6.11. The first kappa shape index (κ1) is 19.6. The van der Waals surface area contributed by atoms with Crippen molar-refractivity contribution in [2.45, 2.75) is 0 Å². The van der Waals surface area contributed by atoms with E-state index < -0.39 is 0 Å².